The van der Waals surface area contributed by atoms with Crippen LogP contribution >= 0.6 is 0 Å². The number of hydrogen-bond acceptors (Lipinski definition) is 4. The van der Waals surface area contributed by atoms with Crippen molar-refractivity contribution in [1.82, 2.24) is 0 Å². The fourth-order valence-electron chi connectivity index (χ4n) is 3.73. The van der Waals surface area contributed by atoms with Crippen LogP contribution in [-0.2, 0) is 20.8 Å². The molecule has 4 heteroatoms. The van der Waals surface area contributed by atoms with Crippen LogP contribution in [0.3, 0.4) is 0 Å². The SMILES string of the molecule is O[C@H](CCCCCCCCCCOC1CCCCO1)CCOCc1ccccc1. The maximum atomic E-state index is 10.1. The first-order valence-corrected chi connectivity index (χ1v) is 11.9. The van der Waals surface area contributed by atoms with Crippen LogP contribution in [0.5, 0.6) is 0 Å². The van der Waals surface area contributed by atoms with E-state index in [2.05, 4.69) is 12.1 Å². The third-order valence-electron chi connectivity index (χ3n) is 5.58. The Morgan fingerprint density at radius 1 is 0.862 bits per heavy atom. The summed E-state index contributed by atoms with van der Waals surface area (Å²) in [5, 5.41) is 10.1. The summed E-state index contributed by atoms with van der Waals surface area (Å²) in [7, 11) is 0. The summed E-state index contributed by atoms with van der Waals surface area (Å²) in [6, 6.07) is 10.2. The Kier molecular flexibility index (Phi) is 14.1. The zero-order valence-electron chi connectivity index (χ0n) is 18.2. The highest BCUT2D eigenvalue weighted by Gasteiger charge is 2.13. The predicted molar refractivity (Wildman–Crippen MR) is 118 cm³/mol. The van der Waals surface area contributed by atoms with Gasteiger partial charge in [0, 0.05) is 19.8 Å². The third kappa shape index (κ3) is 13.1. The van der Waals surface area contributed by atoms with Crippen molar-refractivity contribution in [1.29, 1.82) is 0 Å². The van der Waals surface area contributed by atoms with Gasteiger partial charge in [-0.15, -0.1) is 0 Å². The van der Waals surface area contributed by atoms with E-state index in [4.69, 9.17) is 14.2 Å². The number of hydrogen-bond donors (Lipinski definition) is 1. The van der Waals surface area contributed by atoms with Crippen LogP contribution in [0.4, 0.5) is 0 Å². The monoisotopic (exact) mass is 406 g/mol. The second-order valence-corrected chi connectivity index (χ2v) is 8.26. The Morgan fingerprint density at radius 2 is 1.59 bits per heavy atom. The number of rotatable bonds is 17. The fourth-order valence-corrected chi connectivity index (χ4v) is 3.73. The molecule has 1 saturated heterocycles. The van der Waals surface area contributed by atoms with Crippen molar-refractivity contribution in [3.05, 3.63) is 35.9 Å². The van der Waals surface area contributed by atoms with Gasteiger partial charge < -0.3 is 19.3 Å². The smallest absolute Gasteiger partial charge is 0.157 e. The summed E-state index contributed by atoms with van der Waals surface area (Å²) in [6.45, 7) is 2.97. The first-order chi connectivity index (χ1) is 14.3. The van der Waals surface area contributed by atoms with Crippen molar-refractivity contribution >= 4 is 0 Å². The van der Waals surface area contributed by atoms with E-state index < -0.39 is 0 Å². The lowest BCUT2D eigenvalue weighted by Gasteiger charge is -2.22. The molecule has 2 atom stereocenters. The molecule has 29 heavy (non-hydrogen) atoms. The molecule has 1 aromatic carbocycles. The molecule has 1 unspecified atom stereocenters. The van der Waals surface area contributed by atoms with E-state index >= 15 is 0 Å². The van der Waals surface area contributed by atoms with Crippen LogP contribution in [0.1, 0.15) is 89.0 Å². The lowest BCUT2D eigenvalue weighted by atomic mass is 10.0. The largest absolute Gasteiger partial charge is 0.393 e. The van der Waals surface area contributed by atoms with Gasteiger partial charge in [-0.25, -0.2) is 0 Å². The van der Waals surface area contributed by atoms with Gasteiger partial charge in [0.05, 0.1) is 12.7 Å². The van der Waals surface area contributed by atoms with Crippen molar-refractivity contribution in [2.75, 3.05) is 19.8 Å². The molecule has 0 amide bonds. The van der Waals surface area contributed by atoms with E-state index in [0.717, 1.165) is 45.3 Å². The highest BCUT2D eigenvalue weighted by molar-refractivity contribution is 5.13. The molecule has 1 fully saturated rings. The van der Waals surface area contributed by atoms with E-state index in [0.29, 0.717) is 13.2 Å². The summed E-state index contributed by atoms with van der Waals surface area (Å²) >= 11 is 0. The molecule has 0 radical (unpaired) electrons. The van der Waals surface area contributed by atoms with Gasteiger partial charge in [-0.2, -0.15) is 0 Å². The molecule has 1 aliphatic heterocycles. The van der Waals surface area contributed by atoms with Crippen LogP contribution in [0.15, 0.2) is 30.3 Å². The number of aliphatic hydroxyl groups is 1. The highest BCUT2D eigenvalue weighted by Crippen LogP contribution is 2.15. The Hall–Kier alpha value is -0.940. The van der Waals surface area contributed by atoms with E-state index in [1.807, 2.05) is 18.2 Å². The van der Waals surface area contributed by atoms with Gasteiger partial charge in [0.2, 0.25) is 0 Å². The number of aliphatic hydroxyl groups excluding tert-OH is 1. The van der Waals surface area contributed by atoms with Gasteiger partial charge in [0.1, 0.15) is 0 Å². The van der Waals surface area contributed by atoms with Crippen molar-refractivity contribution in [2.24, 2.45) is 0 Å². The lowest BCUT2D eigenvalue weighted by molar-refractivity contribution is -0.162. The highest BCUT2D eigenvalue weighted by atomic mass is 16.7. The van der Waals surface area contributed by atoms with Gasteiger partial charge in [-0.3, -0.25) is 0 Å². The maximum Gasteiger partial charge on any atom is 0.157 e. The zero-order chi connectivity index (χ0) is 20.4. The Morgan fingerprint density at radius 3 is 2.31 bits per heavy atom. The first-order valence-electron chi connectivity index (χ1n) is 11.9. The number of benzene rings is 1. The maximum absolute atomic E-state index is 10.1. The average Bonchev–Trinajstić information content (AvgIpc) is 2.76. The van der Waals surface area contributed by atoms with E-state index in [1.54, 1.807) is 0 Å². The molecule has 0 saturated carbocycles. The van der Waals surface area contributed by atoms with Crippen molar-refractivity contribution in [2.45, 2.75) is 102 Å². The molecule has 4 nitrogen and oxygen atoms in total. The van der Waals surface area contributed by atoms with Crippen LogP contribution in [0, 0.1) is 0 Å². The number of unbranched alkanes of at least 4 members (excludes halogenated alkanes) is 7. The van der Waals surface area contributed by atoms with Gasteiger partial charge in [0.25, 0.3) is 0 Å². The minimum Gasteiger partial charge on any atom is -0.393 e. The molecule has 1 aliphatic rings. The molecule has 2 rings (SSSR count). The van der Waals surface area contributed by atoms with E-state index in [1.165, 1.54) is 56.9 Å². The van der Waals surface area contributed by atoms with Crippen LogP contribution in [0.25, 0.3) is 0 Å². The van der Waals surface area contributed by atoms with Gasteiger partial charge in [-0.05, 0) is 44.1 Å². The summed E-state index contributed by atoms with van der Waals surface area (Å²) in [5.74, 6) is 0. The standard InChI is InChI=1S/C25H42O4/c26-24(18-21-27-22-23-14-8-7-9-15-23)16-10-5-3-1-2-4-6-12-19-28-25-17-11-13-20-29-25/h7-9,14-15,24-26H,1-6,10-13,16-22H2/t24-,25?/m1/s1. The molecule has 1 heterocycles. The van der Waals surface area contributed by atoms with Crippen LogP contribution in [-0.4, -0.2) is 37.3 Å². The summed E-state index contributed by atoms with van der Waals surface area (Å²) in [5.41, 5.74) is 1.19. The normalized spacial score (nSPS) is 18.0. The fraction of sp³-hybridized carbons (Fsp3) is 0.760. The second-order valence-electron chi connectivity index (χ2n) is 8.26. The molecular weight excluding hydrogens is 364 g/mol. The van der Waals surface area contributed by atoms with E-state index in [-0.39, 0.29) is 12.4 Å². The quantitative estimate of drug-likeness (QED) is 0.322. The second kappa shape index (κ2) is 16.8. The Bertz CT molecular complexity index is 473. The van der Waals surface area contributed by atoms with Crippen molar-refractivity contribution < 1.29 is 19.3 Å². The summed E-state index contributed by atoms with van der Waals surface area (Å²) in [6.07, 6.45) is 14.9. The topological polar surface area (TPSA) is 47.9 Å². The molecular formula is C25H42O4. The Labute approximate surface area is 177 Å². The Balaban J connectivity index is 1.28. The lowest BCUT2D eigenvalue weighted by Crippen LogP contribution is -2.22. The molecule has 0 aliphatic carbocycles. The van der Waals surface area contributed by atoms with Gasteiger partial charge >= 0.3 is 0 Å². The van der Waals surface area contributed by atoms with Crippen LogP contribution < -0.4 is 0 Å². The van der Waals surface area contributed by atoms with Crippen molar-refractivity contribution in [3.8, 4) is 0 Å². The first kappa shape index (κ1) is 24.3. The molecule has 166 valence electrons. The number of ether oxygens (including phenoxy) is 3. The summed E-state index contributed by atoms with van der Waals surface area (Å²) < 4.78 is 17.0. The average molecular weight is 407 g/mol. The third-order valence-corrected chi connectivity index (χ3v) is 5.58. The predicted octanol–water partition coefficient (Wildman–Crippen LogP) is 6.01. The van der Waals surface area contributed by atoms with Crippen LogP contribution in [0.2, 0.25) is 0 Å². The van der Waals surface area contributed by atoms with E-state index in [9.17, 15) is 5.11 Å². The minimum atomic E-state index is -0.223. The summed E-state index contributed by atoms with van der Waals surface area (Å²) in [4.78, 5) is 0. The van der Waals surface area contributed by atoms with Crippen molar-refractivity contribution in [3.63, 3.8) is 0 Å². The van der Waals surface area contributed by atoms with Gasteiger partial charge in [0.15, 0.2) is 6.29 Å². The molecule has 0 bridgehead atoms. The zero-order valence-corrected chi connectivity index (χ0v) is 18.2. The van der Waals surface area contributed by atoms with Gasteiger partial charge in [-0.1, -0.05) is 75.3 Å². The minimum absolute atomic E-state index is 0.0644. The molecule has 1 aromatic rings. The molecule has 0 spiro atoms. The molecule has 1 N–H and O–H groups in total. The molecule has 0 aromatic heterocycles.